The van der Waals surface area contributed by atoms with Crippen LogP contribution < -0.4 is 5.11 Å². The van der Waals surface area contributed by atoms with E-state index >= 15 is 0 Å². The molecular formula is C14H22ClNO2. The summed E-state index contributed by atoms with van der Waals surface area (Å²) >= 11 is 0. The van der Waals surface area contributed by atoms with Crippen molar-refractivity contribution < 1.29 is 14.4 Å². The molecule has 0 spiro atoms. The van der Waals surface area contributed by atoms with Crippen LogP contribution in [-0.2, 0) is 6.54 Å². The Hall–Kier alpha value is -1.06. The number of rotatable bonds is 6. The zero-order valence-corrected chi connectivity index (χ0v) is 12.1. The van der Waals surface area contributed by atoms with Crippen molar-refractivity contribution in [1.29, 1.82) is 0 Å². The molecule has 0 fully saturated rings. The van der Waals surface area contributed by atoms with E-state index in [2.05, 4.69) is 20.8 Å². The van der Waals surface area contributed by atoms with Crippen LogP contribution in [0.4, 0.5) is 0 Å². The molecule has 1 aromatic rings. The summed E-state index contributed by atoms with van der Waals surface area (Å²) in [4.78, 5) is 10.7. The third-order valence-electron chi connectivity index (χ3n) is 3.73. The van der Waals surface area contributed by atoms with Gasteiger partial charge in [-0.15, -0.1) is 12.4 Å². The lowest BCUT2D eigenvalue weighted by atomic mass is 10.1. The Morgan fingerprint density at radius 1 is 1.17 bits per heavy atom. The Morgan fingerprint density at radius 3 is 2.17 bits per heavy atom. The maximum atomic E-state index is 11.3. The first-order valence-electron chi connectivity index (χ1n) is 6.21. The number of aldehydes is 1. The fourth-order valence-electron chi connectivity index (χ4n) is 2.18. The highest BCUT2D eigenvalue weighted by Crippen LogP contribution is 2.18. The first-order chi connectivity index (χ1) is 8.10. The second-order valence-electron chi connectivity index (χ2n) is 4.44. The lowest BCUT2D eigenvalue weighted by Gasteiger charge is -2.36. The third kappa shape index (κ3) is 3.72. The van der Waals surface area contributed by atoms with Crippen LogP contribution in [0.15, 0.2) is 18.2 Å². The van der Waals surface area contributed by atoms with Crippen molar-refractivity contribution in [2.24, 2.45) is 0 Å². The molecule has 0 atom stereocenters. The minimum absolute atomic E-state index is 0. The number of nitrogens with zero attached hydrogens (tertiary/aromatic N) is 1. The first-order valence-corrected chi connectivity index (χ1v) is 6.21. The predicted octanol–water partition coefficient (Wildman–Crippen LogP) is 2.37. The summed E-state index contributed by atoms with van der Waals surface area (Å²) in [6.07, 6.45) is 0.643. The summed E-state index contributed by atoms with van der Waals surface area (Å²) in [6, 6.07) is 5.06. The summed E-state index contributed by atoms with van der Waals surface area (Å²) in [5.41, 5.74) is 1.33. The molecule has 0 aliphatic heterocycles. The van der Waals surface area contributed by atoms with Crippen LogP contribution in [0.25, 0.3) is 0 Å². The Morgan fingerprint density at radius 2 is 1.72 bits per heavy atom. The van der Waals surface area contributed by atoms with Gasteiger partial charge in [-0.1, -0.05) is 17.9 Å². The standard InChI is InChI=1S/C14H21NO2.ClH/c1-4-15(5-2,6-3)10-12-7-8-14(17)13(9-12)11-16;/h7-9,11H,4-6,10H2,1-3H3;1H. The Balaban J connectivity index is 0.00000289. The van der Waals surface area contributed by atoms with E-state index in [-0.39, 0.29) is 23.7 Å². The Bertz CT molecular complexity index is 381. The van der Waals surface area contributed by atoms with E-state index in [1.54, 1.807) is 6.07 Å². The lowest BCUT2D eigenvalue weighted by Crippen LogP contribution is -2.46. The maximum Gasteiger partial charge on any atom is 0.149 e. The van der Waals surface area contributed by atoms with Crippen molar-refractivity contribution in [2.75, 3.05) is 19.6 Å². The molecule has 0 bridgehead atoms. The van der Waals surface area contributed by atoms with Gasteiger partial charge in [-0.3, -0.25) is 4.79 Å². The predicted molar refractivity (Wildman–Crippen MR) is 74.1 cm³/mol. The summed E-state index contributed by atoms with van der Waals surface area (Å²) in [6.45, 7) is 10.6. The number of halogens is 1. The minimum Gasteiger partial charge on any atom is -0.872 e. The molecule has 4 heteroatoms. The monoisotopic (exact) mass is 271 g/mol. The normalized spacial score (nSPS) is 10.8. The van der Waals surface area contributed by atoms with Crippen LogP contribution in [0, 0.1) is 0 Å². The molecule has 1 aromatic carbocycles. The van der Waals surface area contributed by atoms with E-state index in [4.69, 9.17) is 0 Å². The van der Waals surface area contributed by atoms with Crippen molar-refractivity contribution in [1.82, 2.24) is 0 Å². The van der Waals surface area contributed by atoms with Crippen molar-refractivity contribution >= 4 is 18.7 Å². The van der Waals surface area contributed by atoms with Crippen LogP contribution >= 0.6 is 12.4 Å². The van der Waals surface area contributed by atoms with E-state index < -0.39 is 0 Å². The van der Waals surface area contributed by atoms with Gasteiger partial charge in [0, 0.05) is 11.1 Å². The molecule has 0 aromatic heterocycles. The highest BCUT2D eigenvalue weighted by atomic mass is 35.5. The summed E-state index contributed by atoms with van der Waals surface area (Å²) < 4.78 is 0.983. The summed E-state index contributed by atoms with van der Waals surface area (Å²) in [5.74, 6) is -0.189. The van der Waals surface area contributed by atoms with Gasteiger partial charge in [-0.25, -0.2) is 0 Å². The zero-order chi connectivity index (χ0) is 12.9. The fraction of sp³-hybridized carbons (Fsp3) is 0.500. The van der Waals surface area contributed by atoms with E-state index in [1.807, 2.05) is 6.07 Å². The molecule has 0 aliphatic carbocycles. The van der Waals surface area contributed by atoms with Crippen LogP contribution in [0.3, 0.4) is 0 Å². The number of carbonyl (C=O) groups is 1. The lowest BCUT2D eigenvalue weighted by molar-refractivity contribution is -0.936. The molecule has 0 saturated heterocycles. The minimum atomic E-state index is -0.189. The molecule has 18 heavy (non-hydrogen) atoms. The van der Waals surface area contributed by atoms with Crippen LogP contribution in [0.2, 0.25) is 0 Å². The second-order valence-corrected chi connectivity index (χ2v) is 4.44. The van der Waals surface area contributed by atoms with Gasteiger partial charge in [0.2, 0.25) is 0 Å². The van der Waals surface area contributed by atoms with Gasteiger partial charge in [0.1, 0.15) is 12.8 Å². The number of benzene rings is 1. The Kier molecular flexibility index (Phi) is 6.96. The fourth-order valence-corrected chi connectivity index (χ4v) is 2.18. The zero-order valence-electron chi connectivity index (χ0n) is 11.3. The van der Waals surface area contributed by atoms with E-state index in [9.17, 15) is 9.90 Å². The van der Waals surface area contributed by atoms with Crippen LogP contribution in [0.1, 0.15) is 36.7 Å². The largest absolute Gasteiger partial charge is 0.872 e. The van der Waals surface area contributed by atoms with Gasteiger partial charge in [-0.2, -0.15) is 0 Å². The van der Waals surface area contributed by atoms with Gasteiger partial charge < -0.3 is 9.59 Å². The molecular weight excluding hydrogens is 250 g/mol. The van der Waals surface area contributed by atoms with Crippen LogP contribution in [-0.4, -0.2) is 30.4 Å². The molecule has 102 valence electrons. The molecule has 0 N–H and O–H groups in total. The molecule has 1 rings (SSSR count). The molecule has 0 radical (unpaired) electrons. The molecule has 0 saturated carbocycles. The number of hydrogen-bond donors (Lipinski definition) is 0. The summed E-state index contributed by atoms with van der Waals surface area (Å²) in [7, 11) is 0. The third-order valence-corrected chi connectivity index (χ3v) is 3.73. The highest BCUT2D eigenvalue weighted by Gasteiger charge is 2.21. The van der Waals surface area contributed by atoms with E-state index in [0.717, 1.165) is 36.2 Å². The number of hydrogen-bond acceptors (Lipinski definition) is 2. The topological polar surface area (TPSA) is 40.1 Å². The average molecular weight is 272 g/mol. The van der Waals surface area contributed by atoms with Gasteiger partial charge in [0.15, 0.2) is 0 Å². The van der Waals surface area contributed by atoms with Gasteiger partial charge in [0.25, 0.3) is 0 Å². The Labute approximate surface area is 115 Å². The van der Waals surface area contributed by atoms with E-state index in [0.29, 0.717) is 6.29 Å². The van der Waals surface area contributed by atoms with Crippen molar-refractivity contribution in [2.45, 2.75) is 27.3 Å². The SMILES string of the molecule is CC[N+](CC)(CC)Cc1ccc([O-])c(C=O)c1.Cl. The number of quaternary nitrogens is 1. The van der Waals surface area contributed by atoms with Crippen molar-refractivity contribution in [3.8, 4) is 5.75 Å². The highest BCUT2D eigenvalue weighted by molar-refractivity contribution is 5.85. The molecule has 0 heterocycles. The molecule has 3 nitrogen and oxygen atoms in total. The van der Waals surface area contributed by atoms with Gasteiger partial charge in [-0.05, 0) is 26.8 Å². The summed E-state index contributed by atoms with van der Waals surface area (Å²) in [5, 5.41) is 11.3. The smallest absolute Gasteiger partial charge is 0.149 e. The first kappa shape index (κ1) is 16.9. The molecule has 0 aliphatic rings. The van der Waals surface area contributed by atoms with Gasteiger partial charge in [0.05, 0.1) is 19.6 Å². The van der Waals surface area contributed by atoms with Crippen molar-refractivity contribution in [3.63, 3.8) is 0 Å². The second kappa shape index (κ2) is 7.39. The van der Waals surface area contributed by atoms with Crippen molar-refractivity contribution in [3.05, 3.63) is 29.3 Å². The average Bonchev–Trinajstić information content (AvgIpc) is 2.38. The maximum absolute atomic E-state index is 11.3. The molecule has 0 unspecified atom stereocenters. The quantitative estimate of drug-likeness (QED) is 0.589. The van der Waals surface area contributed by atoms with Gasteiger partial charge >= 0.3 is 0 Å². The van der Waals surface area contributed by atoms with E-state index in [1.165, 1.54) is 6.07 Å². The van der Waals surface area contributed by atoms with Crippen LogP contribution in [0.5, 0.6) is 5.75 Å². The number of carbonyl (C=O) groups excluding carboxylic acids is 1. The molecule has 0 amide bonds.